The molecule has 2 aliphatic carbocycles. The van der Waals surface area contributed by atoms with Gasteiger partial charge in [0.1, 0.15) is 0 Å². The molecule has 4 fully saturated rings. The van der Waals surface area contributed by atoms with E-state index in [0.29, 0.717) is 17.8 Å². The first-order valence-electron chi connectivity index (χ1n) is 13.1. The molecule has 0 aromatic heterocycles. The van der Waals surface area contributed by atoms with Crippen LogP contribution in [0.4, 0.5) is 0 Å². The lowest BCUT2D eigenvalue weighted by atomic mass is 9.90. The lowest BCUT2D eigenvalue weighted by Gasteiger charge is -2.30. The van der Waals surface area contributed by atoms with Crippen LogP contribution in [0.5, 0.6) is 0 Å². The molecule has 4 rings (SSSR count). The largest absolute Gasteiger partial charge is 0.393 e. The minimum absolute atomic E-state index is 0.0503. The van der Waals surface area contributed by atoms with Gasteiger partial charge in [-0.05, 0) is 76.0 Å². The molecule has 5 heteroatoms. The molecule has 4 aliphatic rings. The SMILES string of the molecule is CCCCC[C@@H](C=C[C@@H]1[C@H]2CC(O)C[C@@H]2C[C@H]1OC1CCCCO1)OC1CCCCO1. The summed E-state index contributed by atoms with van der Waals surface area (Å²) in [5.41, 5.74) is 0. The Kier molecular flexibility index (Phi) is 9.27. The van der Waals surface area contributed by atoms with Crippen molar-refractivity contribution in [1.29, 1.82) is 0 Å². The molecule has 2 saturated carbocycles. The van der Waals surface area contributed by atoms with Gasteiger partial charge in [-0.1, -0.05) is 38.3 Å². The predicted octanol–water partition coefficient (Wildman–Crippen LogP) is 5.35. The summed E-state index contributed by atoms with van der Waals surface area (Å²) >= 11 is 0. The molecule has 0 bridgehead atoms. The van der Waals surface area contributed by atoms with Gasteiger partial charge in [0.25, 0.3) is 0 Å². The van der Waals surface area contributed by atoms with Crippen molar-refractivity contribution in [1.82, 2.24) is 0 Å². The topological polar surface area (TPSA) is 57.2 Å². The van der Waals surface area contributed by atoms with E-state index < -0.39 is 0 Å². The molecule has 2 saturated heterocycles. The van der Waals surface area contributed by atoms with Gasteiger partial charge in [0.05, 0.1) is 18.3 Å². The molecular formula is C26H44O5. The maximum absolute atomic E-state index is 10.3. The number of fused-ring (bicyclic) bond motifs is 1. The molecule has 2 heterocycles. The Morgan fingerprint density at radius 3 is 2.45 bits per heavy atom. The Balaban J connectivity index is 1.40. The highest BCUT2D eigenvalue weighted by atomic mass is 16.7. The fourth-order valence-corrected chi connectivity index (χ4v) is 6.10. The first-order valence-corrected chi connectivity index (χ1v) is 13.1. The second kappa shape index (κ2) is 12.1. The minimum Gasteiger partial charge on any atom is -0.393 e. The monoisotopic (exact) mass is 436 g/mol. The van der Waals surface area contributed by atoms with Gasteiger partial charge >= 0.3 is 0 Å². The van der Waals surface area contributed by atoms with Crippen molar-refractivity contribution in [2.24, 2.45) is 17.8 Å². The van der Waals surface area contributed by atoms with Gasteiger partial charge < -0.3 is 24.1 Å². The second-order valence-corrected chi connectivity index (χ2v) is 10.2. The number of rotatable bonds is 10. The molecule has 1 N–H and O–H groups in total. The van der Waals surface area contributed by atoms with Crippen LogP contribution in [0.25, 0.3) is 0 Å². The molecule has 2 aliphatic heterocycles. The highest BCUT2D eigenvalue weighted by Gasteiger charge is 2.48. The van der Waals surface area contributed by atoms with Crippen LogP contribution in [0.15, 0.2) is 12.2 Å². The zero-order chi connectivity index (χ0) is 21.5. The molecule has 0 amide bonds. The normalized spacial score (nSPS) is 39.7. The Labute approximate surface area is 188 Å². The highest BCUT2D eigenvalue weighted by Crippen LogP contribution is 2.50. The molecule has 0 aromatic rings. The molecule has 8 atom stereocenters. The maximum atomic E-state index is 10.3. The number of unbranched alkanes of at least 4 members (excludes halogenated alkanes) is 2. The van der Waals surface area contributed by atoms with Crippen molar-refractivity contribution in [3.05, 3.63) is 12.2 Å². The average molecular weight is 437 g/mol. The number of aliphatic hydroxyl groups is 1. The summed E-state index contributed by atoms with van der Waals surface area (Å²) in [6.45, 7) is 3.88. The number of aliphatic hydroxyl groups excluding tert-OH is 1. The second-order valence-electron chi connectivity index (χ2n) is 10.2. The molecule has 3 unspecified atom stereocenters. The summed E-state index contributed by atoms with van der Waals surface area (Å²) in [4.78, 5) is 0. The van der Waals surface area contributed by atoms with Gasteiger partial charge in [-0.25, -0.2) is 0 Å². The quantitative estimate of drug-likeness (QED) is 0.369. The average Bonchev–Trinajstić information content (AvgIpc) is 3.29. The summed E-state index contributed by atoms with van der Waals surface area (Å²) in [7, 11) is 0. The van der Waals surface area contributed by atoms with Crippen LogP contribution in [-0.4, -0.2) is 49.2 Å². The summed E-state index contributed by atoms with van der Waals surface area (Å²) in [5.74, 6) is 1.43. The molecule has 0 spiro atoms. The van der Waals surface area contributed by atoms with Crippen LogP contribution < -0.4 is 0 Å². The van der Waals surface area contributed by atoms with E-state index in [1.165, 1.54) is 32.1 Å². The number of ether oxygens (including phenoxy) is 4. The summed E-state index contributed by atoms with van der Waals surface area (Å²) in [6, 6.07) is 0. The lowest BCUT2D eigenvalue weighted by molar-refractivity contribution is -0.193. The van der Waals surface area contributed by atoms with Gasteiger partial charge in [0.2, 0.25) is 0 Å². The number of hydrogen-bond acceptors (Lipinski definition) is 5. The van der Waals surface area contributed by atoms with Gasteiger partial charge in [-0.15, -0.1) is 0 Å². The molecular weight excluding hydrogens is 392 g/mol. The first kappa shape index (κ1) is 23.7. The Morgan fingerprint density at radius 2 is 1.74 bits per heavy atom. The Bertz CT molecular complexity index is 540. The van der Waals surface area contributed by atoms with E-state index in [2.05, 4.69) is 19.1 Å². The molecule has 5 nitrogen and oxygen atoms in total. The van der Waals surface area contributed by atoms with Crippen LogP contribution >= 0.6 is 0 Å². The maximum Gasteiger partial charge on any atom is 0.158 e. The third kappa shape index (κ3) is 6.77. The van der Waals surface area contributed by atoms with E-state index in [-0.39, 0.29) is 30.9 Å². The van der Waals surface area contributed by atoms with E-state index in [0.717, 1.165) is 64.6 Å². The lowest BCUT2D eigenvalue weighted by Crippen LogP contribution is -2.31. The smallest absolute Gasteiger partial charge is 0.158 e. The minimum atomic E-state index is -0.148. The summed E-state index contributed by atoms with van der Waals surface area (Å²) in [5, 5.41) is 10.3. The van der Waals surface area contributed by atoms with Crippen molar-refractivity contribution in [3.8, 4) is 0 Å². The van der Waals surface area contributed by atoms with E-state index in [4.69, 9.17) is 18.9 Å². The first-order chi connectivity index (χ1) is 15.2. The van der Waals surface area contributed by atoms with Crippen molar-refractivity contribution in [2.45, 2.75) is 121 Å². The zero-order valence-corrected chi connectivity index (χ0v) is 19.5. The molecule has 178 valence electrons. The van der Waals surface area contributed by atoms with Crippen molar-refractivity contribution >= 4 is 0 Å². The third-order valence-corrected chi connectivity index (χ3v) is 7.75. The third-order valence-electron chi connectivity index (χ3n) is 7.75. The van der Waals surface area contributed by atoms with E-state index >= 15 is 0 Å². The van der Waals surface area contributed by atoms with Gasteiger partial charge in [-0.3, -0.25) is 0 Å². The van der Waals surface area contributed by atoms with Crippen LogP contribution in [0, 0.1) is 17.8 Å². The zero-order valence-electron chi connectivity index (χ0n) is 19.5. The molecule has 0 aromatic carbocycles. The van der Waals surface area contributed by atoms with Crippen LogP contribution in [0.3, 0.4) is 0 Å². The summed E-state index contributed by atoms with van der Waals surface area (Å²) < 4.78 is 24.6. The standard InChI is InChI=1S/C26H44O5/c1-2-3-4-9-21(30-25-10-5-7-14-28-25)12-13-22-23-18-20(27)16-19(23)17-24(22)31-26-11-6-8-15-29-26/h12-13,19-27H,2-11,14-18H2,1H3/t19-,20?,21+,22-,23+,24-,25?,26?/m1/s1. The molecule has 0 radical (unpaired) electrons. The van der Waals surface area contributed by atoms with Crippen molar-refractivity contribution in [3.63, 3.8) is 0 Å². The van der Waals surface area contributed by atoms with Crippen LogP contribution in [0.1, 0.15) is 90.4 Å². The predicted molar refractivity (Wildman–Crippen MR) is 121 cm³/mol. The van der Waals surface area contributed by atoms with Crippen LogP contribution in [0.2, 0.25) is 0 Å². The van der Waals surface area contributed by atoms with Crippen LogP contribution in [-0.2, 0) is 18.9 Å². The fourth-order valence-electron chi connectivity index (χ4n) is 6.10. The molecule has 31 heavy (non-hydrogen) atoms. The van der Waals surface area contributed by atoms with Gasteiger partial charge in [0, 0.05) is 19.1 Å². The van der Waals surface area contributed by atoms with Gasteiger partial charge in [0.15, 0.2) is 12.6 Å². The fraction of sp³-hybridized carbons (Fsp3) is 0.923. The van der Waals surface area contributed by atoms with Crippen molar-refractivity contribution in [2.75, 3.05) is 13.2 Å². The van der Waals surface area contributed by atoms with E-state index in [9.17, 15) is 5.11 Å². The van der Waals surface area contributed by atoms with E-state index in [1.807, 2.05) is 0 Å². The van der Waals surface area contributed by atoms with Crippen molar-refractivity contribution < 1.29 is 24.1 Å². The van der Waals surface area contributed by atoms with Gasteiger partial charge in [-0.2, -0.15) is 0 Å². The van der Waals surface area contributed by atoms with E-state index in [1.54, 1.807) is 0 Å². The Morgan fingerprint density at radius 1 is 0.968 bits per heavy atom. The Hall–Kier alpha value is -0.460. The number of hydrogen-bond donors (Lipinski definition) is 1. The highest BCUT2D eigenvalue weighted by molar-refractivity contribution is 5.08. The summed E-state index contributed by atoms with van der Waals surface area (Å²) in [6.07, 6.45) is 19.0.